The third kappa shape index (κ3) is 3.19. The van der Waals surface area contributed by atoms with Crippen LogP contribution in [0.2, 0.25) is 0 Å². The number of H-pyrrole nitrogens is 1. The lowest BCUT2D eigenvalue weighted by Crippen LogP contribution is -2.39. The molecule has 0 unspecified atom stereocenters. The molecule has 0 aliphatic carbocycles. The molecule has 136 valence electrons. The zero-order valence-corrected chi connectivity index (χ0v) is 14.9. The summed E-state index contributed by atoms with van der Waals surface area (Å²) in [6, 6.07) is 13.0. The molecule has 2 N–H and O–H groups in total. The Labute approximate surface area is 156 Å². The quantitative estimate of drug-likeness (QED) is 0.745. The van der Waals surface area contributed by atoms with Gasteiger partial charge in [0.1, 0.15) is 11.6 Å². The highest BCUT2D eigenvalue weighted by Crippen LogP contribution is 2.21. The number of pyridine rings is 1. The van der Waals surface area contributed by atoms with Crippen LogP contribution in [0.5, 0.6) is 0 Å². The van der Waals surface area contributed by atoms with E-state index in [0.29, 0.717) is 48.0 Å². The van der Waals surface area contributed by atoms with E-state index in [1.54, 1.807) is 30.3 Å². The Balaban J connectivity index is 1.67. The summed E-state index contributed by atoms with van der Waals surface area (Å²) in [4.78, 5) is 38.8. The number of rotatable bonds is 3. The molecule has 3 aromatic rings. The molecule has 27 heavy (non-hydrogen) atoms. The summed E-state index contributed by atoms with van der Waals surface area (Å²) in [7, 11) is 1.73. The number of hydrogen-bond donors (Lipinski definition) is 2. The molecular weight excluding hydrogens is 342 g/mol. The first kappa shape index (κ1) is 17.0. The number of aromatic nitrogens is 3. The Morgan fingerprint density at radius 3 is 2.78 bits per heavy atom. The predicted octanol–water partition coefficient (Wildman–Crippen LogP) is 2.07. The highest BCUT2D eigenvalue weighted by Gasteiger charge is 2.26. The molecule has 1 amide bonds. The zero-order valence-electron chi connectivity index (χ0n) is 14.9. The van der Waals surface area contributed by atoms with Gasteiger partial charge < -0.3 is 15.2 Å². The second-order valence-electron chi connectivity index (χ2n) is 6.33. The second kappa shape index (κ2) is 7.03. The highest BCUT2D eigenvalue weighted by atomic mass is 16.2. The lowest BCUT2D eigenvalue weighted by Gasteiger charge is -2.28. The van der Waals surface area contributed by atoms with E-state index in [4.69, 9.17) is 0 Å². The first-order chi connectivity index (χ1) is 13.2. The summed E-state index contributed by atoms with van der Waals surface area (Å²) >= 11 is 0. The van der Waals surface area contributed by atoms with Gasteiger partial charge in [-0.05, 0) is 18.6 Å². The van der Waals surface area contributed by atoms with Crippen molar-refractivity contribution in [3.8, 4) is 11.4 Å². The first-order valence-electron chi connectivity index (χ1n) is 8.77. The molecule has 2 aromatic heterocycles. The third-order valence-electron chi connectivity index (χ3n) is 4.68. The van der Waals surface area contributed by atoms with Gasteiger partial charge >= 0.3 is 0 Å². The fourth-order valence-electron chi connectivity index (χ4n) is 3.29. The Morgan fingerprint density at radius 1 is 1.19 bits per heavy atom. The topological polar surface area (TPSA) is 91.0 Å². The lowest BCUT2D eigenvalue weighted by atomic mass is 10.0. The van der Waals surface area contributed by atoms with Crippen LogP contribution in [0, 0.1) is 0 Å². The summed E-state index contributed by atoms with van der Waals surface area (Å²) in [6.07, 6.45) is 2.12. The number of anilines is 1. The maximum absolute atomic E-state index is 13.0. The Kier molecular flexibility index (Phi) is 4.42. The fourth-order valence-corrected chi connectivity index (χ4v) is 3.29. The van der Waals surface area contributed by atoms with Crippen LogP contribution in [0.3, 0.4) is 0 Å². The minimum Gasteiger partial charge on any atom is -0.372 e. The van der Waals surface area contributed by atoms with Crippen LogP contribution in [0.15, 0.2) is 53.5 Å². The molecule has 1 aromatic carbocycles. The van der Waals surface area contributed by atoms with E-state index >= 15 is 0 Å². The number of hydrogen-bond acceptors (Lipinski definition) is 5. The maximum atomic E-state index is 13.0. The molecule has 0 bridgehead atoms. The van der Waals surface area contributed by atoms with Crippen LogP contribution in [-0.2, 0) is 13.0 Å². The van der Waals surface area contributed by atoms with E-state index in [9.17, 15) is 9.59 Å². The van der Waals surface area contributed by atoms with Gasteiger partial charge in [0.25, 0.3) is 11.5 Å². The van der Waals surface area contributed by atoms with Gasteiger partial charge in [0.05, 0.1) is 17.8 Å². The highest BCUT2D eigenvalue weighted by molar-refractivity contribution is 5.98. The molecule has 0 saturated carbocycles. The number of amides is 1. The van der Waals surface area contributed by atoms with Crippen molar-refractivity contribution in [1.29, 1.82) is 0 Å². The SMILES string of the molecule is CNc1ncccc1C(=O)N1CCc2c(nc(-c3ccccc3)[nH]c2=O)C1. The van der Waals surface area contributed by atoms with Gasteiger partial charge in [-0.15, -0.1) is 0 Å². The monoisotopic (exact) mass is 361 g/mol. The van der Waals surface area contributed by atoms with Gasteiger partial charge in [0, 0.05) is 30.9 Å². The van der Waals surface area contributed by atoms with Crippen molar-refractivity contribution in [3.05, 3.63) is 75.8 Å². The van der Waals surface area contributed by atoms with Crippen molar-refractivity contribution in [2.24, 2.45) is 0 Å². The van der Waals surface area contributed by atoms with Crippen molar-refractivity contribution < 1.29 is 4.79 Å². The van der Waals surface area contributed by atoms with E-state index in [1.165, 1.54) is 0 Å². The normalized spacial score (nSPS) is 13.1. The Morgan fingerprint density at radius 2 is 2.00 bits per heavy atom. The van der Waals surface area contributed by atoms with Crippen molar-refractivity contribution >= 4 is 11.7 Å². The first-order valence-corrected chi connectivity index (χ1v) is 8.77. The van der Waals surface area contributed by atoms with Crippen molar-refractivity contribution in [1.82, 2.24) is 19.9 Å². The van der Waals surface area contributed by atoms with E-state index < -0.39 is 0 Å². The van der Waals surface area contributed by atoms with E-state index in [-0.39, 0.29) is 11.5 Å². The predicted molar refractivity (Wildman–Crippen MR) is 103 cm³/mol. The number of nitrogens with zero attached hydrogens (tertiary/aromatic N) is 3. The number of aromatic amines is 1. The number of carbonyl (C=O) groups excluding carboxylic acids is 1. The lowest BCUT2D eigenvalue weighted by molar-refractivity contribution is 0.0732. The minimum atomic E-state index is -0.136. The van der Waals surface area contributed by atoms with E-state index in [0.717, 1.165) is 5.56 Å². The number of benzene rings is 1. The second-order valence-corrected chi connectivity index (χ2v) is 6.33. The molecule has 0 fully saturated rings. The van der Waals surface area contributed by atoms with Gasteiger partial charge in [-0.25, -0.2) is 9.97 Å². The molecule has 0 saturated heterocycles. The smallest absolute Gasteiger partial charge is 0.257 e. The van der Waals surface area contributed by atoms with Gasteiger partial charge in [0.15, 0.2) is 0 Å². The average Bonchev–Trinajstić information content (AvgIpc) is 2.73. The summed E-state index contributed by atoms with van der Waals surface area (Å²) in [5, 5.41) is 2.95. The molecule has 3 heterocycles. The summed E-state index contributed by atoms with van der Waals surface area (Å²) in [6.45, 7) is 0.773. The molecule has 1 aliphatic heterocycles. The van der Waals surface area contributed by atoms with Crippen LogP contribution in [0.25, 0.3) is 11.4 Å². The van der Waals surface area contributed by atoms with Crippen molar-refractivity contribution in [2.45, 2.75) is 13.0 Å². The fraction of sp³-hybridized carbons (Fsp3) is 0.200. The third-order valence-corrected chi connectivity index (χ3v) is 4.68. The summed E-state index contributed by atoms with van der Waals surface area (Å²) in [5.41, 5.74) is 2.51. The minimum absolute atomic E-state index is 0.124. The number of fused-ring (bicyclic) bond motifs is 1. The van der Waals surface area contributed by atoms with Crippen molar-refractivity contribution in [2.75, 3.05) is 18.9 Å². The number of carbonyl (C=O) groups is 1. The standard InChI is InChI=1S/C20H19N5O2/c1-21-18-15(8-5-10-22-18)20(27)25-11-9-14-16(12-25)23-17(24-19(14)26)13-6-3-2-4-7-13/h2-8,10H,9,11-12H2,1H3,(H,21,22)(H,23,24,26). The van der Waals surface area contributed by atoms with Crippen LogP contribution in [0.1, 0.15) is 21.6 Å². The molecule has 0 spiro atoms. The molecular formula is C20H19N5O2. The molecule has 0 atom stereocenters. The number of nitrogens with one attached hydrogen (secondary N) is 2. The Hall–Kier alpha value is -3.48. The molecule has 4 rings (SSSR count). The molecule has 0 radical (unpaired) electrons. The van der Waals surface area contributed by atoms with Gasteiger partial charge in [0.2, 0.25) is 0 Å². The molecule has 7 nitrogen and oxygen atoms in total. The maximum Gasteiger partial charge on any atom is 0.257 e. The average molecular weight is 361 g/mol. The van der Waals surface area contributed by atoms with Gasteiger partial charge in [-0.3, -0.25) is 9.59 Å². The molecule has 7 heteroatoms. The summed E-state index contributed by atoms with van der Waals surface area (Å²) < 4.78 is 0. The zero-order chi connectivity index (χ0) is 18.8. The van der Waals surface area contributed by atoms with Crippen LogP contribution < -0.4 is 10.9 Å². The van der Waals surface area contributed by atoms with Crippen LogP contribution >= 0.6 is 0 Å². The van der Waals surface area contributed by atoms with Gasteiger partial charge in [-0.2, -0.15) is 0 Å². The van der Waals surface area contributed by atoms with Gasteiger partial charge in [-0.1, -0.05) is 30.3 Å². The van der Waals surface area contributed by atoms with Crippen molar-refractivity contribution in [3.63, 3.8) is 0 Å². The van der Waals surface area contributed by atoms with E-state index in [1.807, 2.05) is 30.3 Å². The Bertz CT molecular complexity index is 1050. The molecule has 1 aliphatic rings. The van der Waals surface area contributed by atoms with E-state index in [2.05, 4.69) is 20.3 Å². The van der Waals surface area contributed by atoms with Crippen LogP contribution in [-0.4, -0.2) is 39.4 Å². The summed E-state index contributed by atoms with van der Waals surface area (Å²) in [5.74, 6) is 0.935. The largest absolute Gasteiger partial charge is 0.372 e. The van der Waals surface area contributed by atoms with Crippen LogP contribution in [0.4, 0.5) is 5.82 Å².